The average molecular weight is 312 g/mol. The summed E-state index contributed by atoms with van der Waals surface area (Å²) < 4.78 is 5.47. The normalized spacial score (nSPS) is 10.0. The monoisotopic (exact) mass is 312 g/mol. The Balaban J connectivity index is 1.72. The third-order valence-electron chi connectivity index (χ3n) is 3.32. The first-order chi connectivity index (χ1) is 11.1. The van der Waals surface area contributed by atoms with Crippen LogP contribution < -0.4 is 15.6 Å². The molecule has 2 rings (SSSR count). The smallest absolute Gasteiger partial charge is 0.269 e. The number of hydrogen-bond acceptors (Lipinski definition) is 3. The summed E-state index contributed by atoms with van der Waals surface area (Å²) in [6.07, 6.45) is 0.155. The van der Waals surface area contributed by atoms with E-state index in [1.165, 1.54) is 0 Å². The second kappa shape index (κ2) is 7.98. The Hall–Kier alpha value is -2.82. The maximum absolute atomic E-state index is 11.9. The standard InChI is InChI=1S/C18H20N2O3/c1-13-7-9-15(10-8-13)23-12-11-17(21)19-20-18(22)16-6-4-3-5-14(16)2/h3-10H,11-12H2,1-2H3,(H,19,21)(H,20,22). The maximum Gasteiger partial charge on any atom is 0.269 e. The van der Waals surface area contributed by atoms with E-state index in [1.54, 1.807) is 12.1 Å². The summed E-state index contributed by atoms with van der Waals surface area (Å²) in [5.74, 6) is 0.0716. The van der Waals surface area contributed by atoms with Gasteiger partial charge in [0.1, 0.15) is 5.75 Å². The molecule has 5 heteroatoms. The highest BCUT2D eigenvalue weighted by Crippen LogP contribution is 2.11. The Labute approximate surface area is 135 Å². The molecule has 0 bridgehead atoms. The SMILES string of the molecule is Cc1ccc(OCCC(=O)NNC(=O)c2ccccc2C)cc1. The Morgan fingerprint density at radius 2 is 1.65 bits per heavy atom. The maximum atomic E-state index is 11.9. The summed E-state index contributed by atoms with van der Waals surface area (Å²) in [7, 11) is 0. The van der Waals surface area contributed by atoms with Crippen molar-refractivity contribution in [1.29, 1.82) is 0 Å². The van der Waals surface area contributed by atoms with E-state index in [0.29, 0.717) is 11.3 Å². The lowest BCUT2D eigenvalue weighted by atomic mass is 10.1. The fraction of sp³-hybridized carbons (Fsp3) is 0.222. The van der Waals surface area contributed by atoms with E-state index < -0.39 is 0 Å². The second-order valence-corrected chi connectivity index (χ2v) is 5.23. The molecule has 0 unspecified atom stereocenters. The Morgan fingerprint density at radius 1 is 0.957 bits per heavy atom. The predicted molar refractivity (Wildman–Crippen MR) is 88.1 cm³/mol. The van der Waals surface area contributed by atoms with Crippen LogP contribution in [0.15, 0.2) is 48.5 Å². The summed E-state index contributed by atoms with van der Waals surface area (Å²) >= 11 is 0. The van der Waals surface area contributed by atoms with Crippen molar-refractivity contribution in [3.8, 4) is 5.75 Å². The third kappa shape index (κ3) is 5.14. The Morgan fingerprint density at radius 3 is 2.35 bits per heavy atom. The highest BCUT2D eigenvalue weighted by Gasteiger charge is 2.09. The molecule has 23 heavy (non-hydrogen) atoms. The molecule has 2 aromatic carbocycles. The average Bonchev–Trinajstić information content (AvgIpc) is 2.55. The summed E-state index contributed by atoms with van der Waals surface area (Å²) in [5, 5.41) is 0. The van der Waals surface area contributed by atoms with Gasteiger partial charge < -0.3 is 4.74 Å². The van der Waals surface area contributed by atoms with Gasteiger partial charge in [-0.3, -0.25) is 20.4 Å². The number of carbonyl (C=O) groups excluding carboxylic acids is 2. The zero-order valence-electron chi connectivity index (χ0n) is 13.3. The van der Waals surface area contributed by atoms with Crippen LogP contribution in [0.2, 0.25) is 0 Å². The van der Waals surface area contributed by atoms with Crippen LogP contribution in [0.3, 0.4) is 0 Å². The lowest BCUT2D eigenvalue weighted by molar-refractivity contribution is -0.122. The van der Waals surface area contributed by atoms with Crippen LogP contribution in [-0.4, -0.2) is 18.4 Å². The number of hydrazine groups is 1. The van der Waals surface area contributed by atoms with Crippen LogP contribution in [-0.2, 0) is 4.79 Å². The van der Waals surface area contributed by atoms with Gasteiger partial charge >= 0.3 is 0 Å². The molecular weight excluding hydrogens is 292 g/mol. The zero-order chi connectivity index (χ0) is 16.7. The fourth-order valence-electron chi connectivity index (χ4n) is 1.98. The summed E-state index contributed by atoms with van der Waals surface area (Å²) in [6, 6.07) is 14.8. The van der Waals surface area contributed by atoms with Gasteiger partial charge in [-0.2, -0.15) is 0 Å². The number of rotatable bonds is 5. The second-order valence-electron chi connectivity index (χ2n) is 5.23. The molecule has 0 radical (unpaired) electrons. The van der Waals surface area contributed by atoms with E-state index in [0.717, 1.165) is 11.1 Å². The molecule has 2 amide bonds. The highest BCUT2D eigenvalue weighted by atomic mass is 16.5. The van der Waals surface area contributed by atoms with E-state index in [-0.39, 0.29) is 24.8 Å². The molecule has 0 heterocycles. The minimum absolute atomic E-state index is 0.155. The minimum Gasteiger partial charge on any atom is -0.493 e. The molecule has 5 nitrogen and oxygen atoms in total. The third-order valence-corrected chi connectivity index (χ3v) is 3.32. The van der Waals surface area contributed by atoms with Gasteiger partial charge in [-0.25, -0.2) is 0 Å². The number of hydrogen-bond donors (Lipinski definition) is 2. The van der Waals surface area contributed by atoms with E-state index >= 15 is 0 Å². The molecule has 0 aliphatic carbocycles. The van der Waals surface area contributed by atoms with E-state index in [2.05, 4.69) is 10.9 Å². The fourth-order valence-corrected chi connectivity index (χ4v) is 1.98. The minimum atomic E-state index is -0.337. The van der Waals surface area contributed by atoms with Crippen LogP contribution in [0.4, 0.5) is 0 Å². The first-order valence-electron chi connectivity index (χ1n) is 7.40. The van der Waals surface area contributed by atoms with Crippen LogP contribution in [0, 0.1) is 13.8 Å². The molecule has 0 saturated heterocycles. The van der Waals surface area contributed by atoms with Crippen molar-refractivity contribution in [2.45, 2.75) is 20.3 Å². The predicted octanol–water partition coefficient (Wildman–Crippen LogP) is 2.53. The molecule has 120 valence electrons. The van der Waals surface area contributed by atoms with Crippen molar-refractivity contribution in [2.24, 2.45) is 0 Å². The van der Waals surface area contributed by atoms with Gasteiger partial charge in [0.25, 0.3) is 5.91 Å². The topological polar surface area (TPSA) is 67.4 Å². The highest BCUT2D eigenvalue weighted by molar-refractivity contribution is 5.96. The van der Waals surface area contributed by atoms with Crippen LogP contribution in [0.1, 0.15) is 27.9 Å². The summed E-state index contributed by atoms with van der Waals surface area (Å²) in [5.41, 5.74) is 7.31. The molecule has 0 saturated carbocycles. The number of amides is 2. The molecule has 2 aromatic rings. The van der Waals surface area contributed by atoms with Gasteiger partial charge in [-0.15, -0.1) is 0 Å². The number of benzene rings is 2. The number of ether oxygens (including phenoxy) is 1. The lowest BCUT2D eigenvalue weighted by Gasteiger charge is -2.10. The van der Waals surface area contributed by atoms with Crippen LogP contribution in [0.5, 0.6) is 5.75 Å². The van der Waals surface area contributed by atoms with Crippen molar-refractivity contribution >= 4 is 11.8 Å². The summed E-state index contributed by atoms with van der Waals surface area (Å²) in [6.45, 7) is 4.08. The van der Waals surface area contributed by atoms with Crippen molar-refractivity contribution in [1.82, 2.24) is 10.9 Å². The molecule has 0 spiro atoms. The van der Waals surface area contributed by atoms with Crippen LogP contribution in [0.25, 0.3) is 0 Å². The molecule has 2 N–H and O–H groups in total. The Kier molecular flexibility index (Phi) is 5.74. The van der Waals surface area contributed by atoms with Crippen molar-refractivity contribution < 1.29 is 14.3 Å². The first kappa shape index (κ1) is 16.5. The zero-order valence-corrected chi connectivity index (χ0v) is 13.3. The van der Waals surface area contributed by atoms with Crippen molar-refractivity contribution in [3.05, 3.63) is 65.2 Å². The number of aryl methyl sites for hydroxylation is 2. The molecular formula is C18H20N2O3. The number of nitrogens with one attached hydrogen (secondary N) is 2. The molecule has 0 aliphatic heterocycles. The molecule has 0 fully saturated rings. The molecule has 0 aromatic heterocycles. The van der Waals surface area contributed by atoms with Crippen molar-refractivity contribution in [2.75, 3.05) is 6.61 Å². The first-order valence-corrected chi connectivity index (χ1v) is 7.40. The summed E-state index contributed by atoms with van der Waals surface area (Å²) in [4.78, 5) is 23.6. The molecule has 0 atom stereocenters. The van der Waals surface area contributed by atoms with Crippen molar-refractivity contribution in [3.63, 3.8) is 0 Å². The Bertz CT molecular complexity index is 681. The van der Waals surface area contributed by atoms with Gasteiger partial charge in [-0.05, 0) is 37.6 Å². The van der Waals surface area contributed by atoms with Crippen LogP contribution >= 0.6 is 0 Å². The van der Waals surface area contributed by atoms with E-state index in [4.69, 9.17) is 4.74 Å². The van der Waals surface area contributed by atoms with Gasteiger partial charge in [0.2, 0.25) is 5.91 Å². The van der Waals surface area contributed by atoms with E-state index in [1.807, 2.05) is 50.2 Å². The lowest BCUT2D eigenvalue weighted by Crippen LogP contribution is -2.42. The van der Waals surface area contributed by atoms with Gasteiger partial charge in [0, 0.05) is 5.56 Å². The number of carbonyl (C=O) groups is 2. The quantitative estimate of drug-likeness (QED) is 0.834. The largest absolute Gasteiger partial charge is 0.493 e. The van der Waals surface area contributed by atoms with Gasteiger partial charge in [0.05, 0.1) is 13.0 Å². The molecule has 0 aliphatic rings. The van der Waals surface area contributed by atoms with E-state index in [9.17, 15) is 9.59 Å². The van der Waals surface area contributed by atoms with Gasteiger partial charge in [0.15, 0.2) is 0 Å². The van der Waals surface area contributed by atoms with Gasteiger partial charge in [-0.1, -0.05) is 35.9 Å².